The number of carbonyl (C=O) groups is 1. The van der Waals surface area contributed by atoms with Gasteiger partial charge >= 0.3 is 0 Å². The van der Waals surface area contributed by atoms with Gasteiger partial charge in [-0.15, -0.1) is 0 Å². The molecule has 0 bridgehead atoms. The van der Waals surface area contributed by atoms with Crippen LogP contribution in [-0.4, -0.2) is 25.8 Å². The number of ether oxygens (including phenoxy) is 2. The molecule has 5 heteroatoms. The minimum Gasteiger partial charge on any atom is -0.454 e. The molecule has 2 aliphatic rings. The summed E-state index contributed by atoms with van der Waals surface area (Å²) in [6.07, 6.45) is 5.91. The first kappa shape index (κ1) is 19.4. The van der Waals surface area contributed by atoms with Gasteiger partial charge < -0.3 is 19.7 Å². The minimum atomic E-state index is -0.121. The Hall–Kier alpha value is -2.95. The Bertz CT molecular complexity index is 891. The zero-order valence-corrected chi connectivity index (χ0v) is 17.1. The largest absolute Gasteiger partial charge is 0.454 e. The standard InChI is InChI=1S/C24H28N2O3/c1-17-4-3-13-26(15-17)21-9-7-20(8-10-21)18(2)25-24(27)12-6-19-5-11-22-23(14-19)29-16-28-22/h5-12,14,17-18H,3-4,13,15-16H2,1-2H3,(H,25,27)/b12-6+/t17-,18-/m1/s1. The highest BCUT2D eigenvalue weighted by Crippen LogP contribution is 2.32. The SMILES string of the molecule is C[C@@H]1CCCN(c2ccc([C@@H](C)NC(=O)/C=C/c3ccc4c(c3)OCO4)cc2)C1. The van der Waals surface area contributed by atoms with Gasteiger partial charge in [0.05, 0.1) is 6.04 Å². The van der Waals surface area contributed by atoms with Crippen molar-refractivity contribution in [3.05, 3.63) is 59.7 Å². The van der Waals surface area contributed by atoms with Gasteiger partial charge in [-0.2, -0.15) is 0 Å². The first-order valence-electron chi connectivity index (χ1n) is 10.3. The maximum atomic E-state index is 12.3. The molecule has 0 unspecified atom stereocenters. The summed E-state index contributed by atoms with van der Waals surface area (Å²) in [5.41, 5.74) is 3.27. The molecule has 0 aliphatic carbocycles. The lowest BCUT2D eigenvalue weighted by Crippen LogP contribution is -2.34. The molecule has 2 aromatic rings. The van der Waals surface area contributed by atoms with Crippen LogP contribution in [0.4, 0.5) is 5.69 Å². The van der Waals surface area contributed by atoms with Crippen LogP contribution >= 0.6 is 0 Å². The monoisotopic (exact) mass is 392 g/mol. The Morgan fingerprint density at radius 2 is 1.97 bits per heavy atom. The Morgan fingerprint density at radius 3 is 2.76 bits per heavy atom. The number of amides is 1. The number of hydrogen-bond acceptors (Lipinski definition) is 4. The van der Waals surface area contributed by atoms with E-state index in [2.05, 4.69) is 41.4 Å². The second-order valence-electron chi connectivity index (χ2n) is 7.96. The van der Waals surface area contributed by atoms with E-state index in [1.165, 1.54) is 18.5 Å². The maximum absolute atomic E-state index is 12.3. The predicted octanol–water partition coefficient (Wildman–Crippen LogP) is 4.54. The molecule has 5 nitrogen and oxygen atoms in total. The van der Waals surface area contributed by atoms with E-state index in [0.717, 1.165) is 35.9 Å². The van der Waals surface area contributed by atoms with Gasteiger partial charge in [0.2, 0.25) is 12.7 Å². The Morgan fingerprint density at radius 1 is 1.17 bits per heavy atom. The van der Waals surface area contributed by atoms with Crippen LogP contribution < -0.4 is 19.7 Å². The van der Waals surface area contributed by atoms with Gasteiger partial charge in [0.25, 0.3) is 0 Å². The summed E-state index contributed by atoms with van der Waals surface area (Å²) >= 11 is 0. The number of piperidine rings is 1. The molecular formula is C24H28N2O3. The lowest BCUT2D eigenvalue weighted by atomic mass is 9.99. The molecule has 152 valence electrons. The Kier molecular flexibility index (Phi) is 5.74. The van der Waals surface area contributed by atoms with Crippen molar-refractivity contribution in [2.75, 3.05) is 24.8 Å². The van der Waals surface area contributed by atoms with Gasteiger partial charge in [0.1, 0.15) is 0 Å². The van der Waals surface area contributed by atoms with E-state index in [-0.39, 0.29) is 18.7 Å². The fourth-order valence-electron chi connectivity index (χ4n) is 3.93. The molecule has 1 amide bonds. The zero-order valence-electron chi connectivity index (χ0n) is 17.1. The predicted molar refractivity (Wildman–Crippen MR) is 115 cm³/mol. The van der Waals surface area contributed by atoms with Crippen LogP contribution in [0.2, 0.25) is 0 Å². The molecule has 1 N–H and O–H groups in total. The third-order valence-electron chi connectivity index (χ3n) is 5.60. The van der Waals surface area contributed by atoms with E-state index in [0.29, 0.717) is 5.75 Å². The average molecular weight is 392 g/mol. The Balaban J connectivity index is 1.33. The summed E-state index contributed by atoms with van der Waals surface area (Å²) in [5.74, 6) is 2.08. The van der Waals surface area contributed by atoms with Gasteiger partial charge in [0, 0.05) is 24.9 Å². The summed E-state index contributed by atoms with van der Waals surface area (Å²) in [5, 5.41) is 3.03. The number of rotatable bonds is 5. The molecular weight excluding hydrogens is 364 g/mol. The third kappa shape index (κ3) is 4.73. The van der Waals surface area contributed by atoms with E-state index in [1.807, 2.05) is 25.1 Å². The fourth-order valence-corrected chi connectivity index (χ4v) is 3.93. The maximum Gasteiger partial charge on any atom is 0.244 e. The van der Waals surface area contributed by atoms with E-state index in [9.17, 15) is 4.79 Å². The molecule has 2 aliphatic heterocycles. The number of nitrogens with one attached hydrogen (secondary N) is 1. The normalized spacial score (nSPS) is 19.4. The number of nitrogens with zero attached hydrogens (tertiary/aromatic N) is 1. The minimum absolute atomic E-state index is 0.0572. The van der Waals surface area contributed by atoms with Crippen LogP contribution in [0.25, 0.3) is 6.08 Å². The average Bonchev–Trinajstić information content (AvgIpc) is 3.20. The van der Waals surface area contributed by atoms with Gasteiger partial charge in [0.15, 0.2) is 11.5 Å². The molecule has 29 heavy (non-hydrogen) atoms. The number of benzene rings is 2. The highest BCUT2D eigenvalue weighted by atomic mass is 16.7. The number of anilines is 1. The summed E-state index contributed by atoms with van der Waals surface area (Å²) in [6, 6.07) is 14.1. The smallest absolute Gasteiger partial charge is 0.244 e. The van der Waals surface area contributed by atoms with Crippen molar-refractivity contribution in [3.8, 4) is 11.5 Å². The number of carbonyl (C=O) groups excluding carboxylic acids is 1. The van der Waals surface area contributed by atoms with E-state index < -0.39 is 0 Å². The first-order valence-corrected chi connectivity index (χ1v) is 10.3. The van der Waals surface area contributed by atoms with Crippen LogP contribution in [0.15, 0.2) is 48.5 Å². The summed E-state index contributed by atoms with van der Waals surface area (Å²) in [6.45, 7) is 6.81. The molecule has 2 atom stereocenters. The highest BCUT2D eigenvalue weighted by molar-refractivity contribution is 5.92. The molecule has 1 saturated heterocycles. The summed E-state index contributed by atoms with van der Waals surface area (Å²) < 4.78 is 10.7. The van der Waals surface area contributed by atoms with Crippen molar-refractivity contribution in [2.24, 2.45) is 5.92 Å². The summed E-state index contributed by atoms with van der Waals surface area (Å²) in [4.78, 5) is 14.8. The second kappa shape index (κ2) is 8.60. The van der Waals surface area contributed by atoms with Gasteiger partial charge in [-0.25, -0.2) is 0 Å². The topological polar surface area (TPSA) is 50.8 Å². The van der Waals surface area contributed by atoms with Gasteiger partial charge in [-0.3, -0.25) is 4.79 Å². The molecule has 1 fully saturated rings. The molecule has 0 aromatic heterocycles. The second-order valence-corrected chi connectivity index (χ2v) is 7.96. The van der Waals surface area contributed by atoms with Crippen molar-refractivity contribution in [1.29, 1.82) is 0 Å². The summed E-state index contributed by atoms with van der Waals surface area (Å²) in [7, 11) is 0. The lowest BCUT2D eigenvalue weighted by molar-refractivity contribution is -0.117. The highest BCUT2D eigenvalue weighted by Gasteiger charge is 2.17. The first-order chi connectivity index (χ1) is 14.1. The lowest BCUT2D eigenvalue weighted by Gasteiger charge is -2.33. The molecule has 2 heterocycles. The zero-order chi connectivity index (χ0) is 20.2. The number of hydrogen-bond donors (Lipinski definition) is 1. The van der Waals surface area contributed by atoms with Crippen LogP contribution in [0.5, 0.6) is 11.5 Å². The van der Waals surface area contributed by atoms with E-state index >= 15 is 0 Å². The van der Waals surface area contributed by atoms with Gasteiger partial charge in [-0.05, 0) is 67.2 Å². The fraction of sp³-hybridized carbons (Fsp3) is 0.375. The van der Waals surface area contributed by atoms with E-state index in [1.54, 1.807) is 12.2 Å². The van der Waals surface area contributed by atoms with Crippen molar-refractivity contribution < 1.29 is 14.3 Å². The van der Waals surface area contributed by atoms with Crippen molar-refractivity contribution >= 4 is 17.7 Å². The van der Waals surface area contributed by atoms with Crippen LogP contribution in [0.3, 0.4) is 0 Å². The quantitative estimate of drug-likeness (QED) is 0.759. The van der Waals surface area contributed by atoms with Crippen LogP contribution in [0.1, 0.15) is 43.9 Å². The molecule has 4 rings (SSSR count). The molecule has 2 aromatic carbocycles. The van der Waals surface area contributed by atoms with Crippen molar-refractivity contribution in [2.45, 2.75) is 32.7 Å². The molecule has 0 saturated carbocycles. The van der Waals surface area contributed by atoms with Crippen molar-refractivity contribution in [3.63, 3.8) is 0 Å². The number of fused-ring (bicyclic) bond motifs is 1. The Labute approximate surface area is 172 Å². The third-order valence-corrected chi connectivity index (χ3v) is 5.60. The van der Waals surface area contributed by atoms with Gasteiger partial charge in [-0.1, -0.05) is 25.1 Å². The molecule has 0 radical (unpaired) electrons. The van der Waals surface area contributed by atoms with Crippen molar-refractivity contribution in [1.82, 2.24) is 5.32 Å². The van der Waals surface area contributed by atoms with Crippen LogP contribution in [-0.2, 0) is 4.79 Å². The van der Waals surface area contributed by atoms with E-state index in [4.69, 9.17) is 9.47 Å². The molecule has 0 spiro atoms. The van der Waals surface area contributed by atoms with Crippen LogP contribution in [0, 0.1) is 5.92 Å².